The van der Waals surface area contributed by atoms with E-state index in [1.165, 1.54) is 12.2 Å². The number of rotatable bonds is 2. The first-order valence-corrected chi connectivity index (χ1v) is 3.68. The topological polar surface area (TPSA) is 57.2 Å². The van der Waals surface area contributed by atoms with Gasteiger partial charge in [-0.25, -0.2) is 8.42 Å². The van der Waals surface area contributed by atoms with Crippen molar-refractivity contribution < 1.29 is 42.5 Å². The minimum Gasteiger partial charge on any atom is -0.748 e. The van der Waals surface area contributed by atoms with Crippen molar-refractivity contribution in [3.05, 3.63) is 12.2 Å². The van der Waals surface area contributed by atoms with Crippen LogP contribution in [0.2, 0.25) is 0 Å². The molecule has 0 spiro atoms. The van der Waals surface area contributed by atoms with Crippen LogP contribution in [-0.2, 0) is 10.1 Å². The van der Waals surface area contributed by atoms with Gasteiger partial charge in [0.05, 0.1) is 15.9 Å². The van der Waals surface area contributed by atoms with Crippen LogP contribution in [0.3, 0.4) is 0 Å². The Kier molecular flexibility index (Phi) is 7.45. The molecule has 0 unspecified atom stereocenters. The molecule has 0 aliphatic rings. The Bertz CT molecular complexity index is 170. The van der Waals surface area contributed by atoms with Crippen LogP contribution in [0, 0.1) is 0 Å². The second-order valence-corrected chi connectivity index (χ2v) is 2.74. The Morgan fingerprint density at radius 3 is 2.11 bits per heavy atom. The summed E-state index contributed by atoms with van der Waals surface area (Å²) >= 11 is 0. The molecule has 0 bridgehead atoms. The SMILES string of the molecule is C/C=C/CS(=O)(=O)[O-].[Na+]. The van der Waals surface area contributed by atoms with Gasteiger partial charge in [-0.2, -0.15) is 0 Å². The van der Waals surface area contributed by atoms with E-state index in [-0.39, 0.29) is 29.6 Å². The van der Waals surface area contributed by atoms with Crippen LogP contribution >= 0.6 is 0 Å². The first-order valence-electron chi connectivity index (χ1n) is 2.11. The third kappa shape index (κ3) is 12.0. The number of allylic oxidation sites excluding steroid dienone is 1. The molecule has 0 aromatic carbocycles. The molecule has 9 heavy (non-hydrogen) atoms. The third-order valence-corrected chi connectivity index (χ3v) is 1.14. The van der Waals surface area contributed by atoms with Gasteiger partial charge in [-0.1, -0.05) is 12.2 Å². The van der Waals surface area contributed by atoms with Gasteiger partial charge in [-0.05, 0) is 6.92 Å². The molecule has 0 saturated carbocycles. The molecule has 0 heterocycles. The molecule has 5 heteroatoms. The summed E-state index contributed by atoms with van der Waals surface area (Å²) in [5.41, 5.74) is 0. The van der Waals surface area contributed by atoms with Crippen LogP contribution in [0.4, 0.5) is 0 Å². The Hall–Kier alpha value is 0.650. The van der Waals surface area contributed by atoms with Gasteiger partial charge < -0.3 is 4.55 Å². The molecular formula is C4H7NaO3S. The zero-order valence-corrected chi connectivity index (χ0v) is 8.31. The minimum atomic E-state index is -4.02. The van der Waals surface area contributed by atoms with Gasteiger partial charge in [0.15, 0.2) is 0 Å². The van der Waals surface area contributed by atoms with E-state index in [4.69, 9.17) is 0 Å². The zero-order chi connectivity index (χ0) is 6.62. The molecular weight excluding hydrogens is 151 g/mol. The van der Waals surface area contributed by atoms with Crippen molar-refractivity contribution in [2.45, 2.75) is 6.92 Å². The fourth-order valence-corrected chi connectivity index (χ4v) is 0.642. The summed E-state index contributed by atoms with van der Waals surface area (Å²) in [7, 11) is -4.02. The van der Waals surface area contributed by atoms with Crippen molar-refractivity contribution in [2.24, 2.45) is 0 Å². The zero-order valence-electron chi connectivity index (χ0n) is 5.49. The monoisotopic (exact) mass is 158 g/mol. The van der Waals surface area contributed by atoms with Crippen molar-refractivity contribution in [1.82, 2.24) is 0 Å². The summed E-state index contributed by atoms with van der Waals surface area (Å²) in [6.07, 6.45) is 2.83. The largest absolute Gasteiger partial charge is 1.00 e. The molecule has 0 radical (unpaired) electrons. The Morgan fingerprint density at radius 2 is 2.00 bits per heavy atom. The maximum atomic E-state index is 9.78. The average molecular weight is 158 g/mol. The first kappa shape index (κ1) is 12.3. The van der Waals surface area contributed by atoms with Gasteiger partial charge in [0.25, 0.3) is 0 Å². The fourth-order valence-electron chi connectivity index (χ4n) is 0.214. The van der Waals surface area contributed by atoms with Crippen LogP contribution < -0.4 is 29.6 Å². The second kappa shape index (κ2) is 5.44. The van der Waals surface area contributed by atoms with Crippen molar-refractivity contribution in [3.63, 3.8) is 0 Å². The van der Waals surface area contributed by atoms with Crippen molar-refractivity contribution >= 4 is 10.1 Å². The molecule has 0 aromatic rings. The van der Waals surface area contributed by atoms with Gasteiger partial charge in [0.2, 0.25) is 0 Å². The van der Waals surface area contributed by atoms with Gasteiger partial charge in [-0.15, -0.1) is 0 Å². The molecule has 0 atom stereocenters. The van der Waals surface area contributed by atoms with E-state index in [0.717, 1.165) is 0 Å². The average Bonchev–Trinajstić information content (AvgIpc) is 1.59. The van der Waals surface area contributed by atoms with Crippen LogP contribution in [0.25, 0.3) is 0 Å². The summed E-state index contributed by atoms with van der Waals surface area (Å²) in [5, 5.41) is 0. The van der Waals surface area contributed by atoms with E-state index < -0.39 is 15.9 Å². The third-order valence-electron chi connectivity index (χ3n) is 0.536. The summed E-state index contributed by atoms with van der Waals surface area (Å²) < 4.78 is 29.4. The molecule has 0 aliphatic carbocycles. The standard InChI is InChI=1S/C4H8O3S.Na/c1-2-3-4-8(5,6)7;/h2-3H,4H2,1H3,(H,5,6,7);/q;+1/p-1/b3-2+;. The molecule has 0 N–H and O–H groups in total. The second-order valence-electron chi connectivity index (χ2n) is 1.29. The van der Waals surface area contributed by atoms with E-state index in [2.05, 4.69) is 0 Å². The van der Waals surface area contributed by atoms with Crippen LogP contribution in [-0.4, -0.2) is 18.7 Å². The predicted molar refractivity (Wildman–Crippen MR) is 29.4 cm³/mol. The van der Waals surface area contributed by atoms with Crippen LogP contribution in [0.1, 0.15) is 6.92 Å². The van der Waals surface area contributed by atoms with Crippen molar-refractivity contribution in [3.8, 4) is 0 Å². The van der Waals surface area contributed by atoms with Crippen molar-refractivity contribution in [2.75, 3.05) is 5.75 Å². The molecule has 0 aliphatic heterocycles. The van der Waals surface area contributed by atoms with Crippen LogP contribution in [0.15, 0.2) is 12.2 Å². The quantitative estimate of drug-likeness (QED) is 0.246. The molecule has 48 valence electrons. The fraction of sp³-hybridized carbons (Fsp3) is 0.500. The van der Waals surface area contributed by atoms with Gasteiger partial charge in [0, 0.05) is 0 Å². The predicted octanol–water partition coefficient (Wildman–Crippen LogP) is -2.89. The Balaban J connectivity index is 0. The summed E-state index contributed by atoms with van der Waals surface area (Å²) in [6.45, 7) is 1.66. The van der Waals surface area contributed by atoms with E-state index in [1.54, 1.807) is 6.92 Å². The summed E-state index contributed by atoms with van der Waals surface area (Å²) in [6, 6.07) is 0. The molecule has 3 nitrogen and oxygen atoms in total. The number of hydrogen-bond donors (Lipinski definition) is 0. The Labute approximate surface area is 77.2 Å². The first-order chi connectivity index (χ1) is 3.56. The van der Waals surface area contributed by atoms with E-state index in [0.29, 0.717) is 0 Å². The molecule has 0 fully saturated rings. The number of hydrogen-bond acceptors (Lipinski definition) is 3. The maximum Gasteiger partial charge on any atom is 1.00 e. The summed E-state index contributed by atoms with van der Waals surface area (Å²) in [4.78, 5) is 0. The molecule has 0 amide bonds. The van der Waals surface area contributed by atoms with E-state index in [1.807, 2.05) is 0 Å². The minimum absolute atomic E-state index is 0. The maximum absolute atomic E-state index is 9.78. The van der Waals surface area contributed by atoms with Crippen molar-refractivity contribution in [1.29, 1.82) is 0 Å². The smallest absolute Gasteiger partial charge is 0.748 e. The molecule has 0 aromatic heterocycles. The van der Waals surface area contributed by atoms with Gasteiger partial charge >= 0.3 is 29.6 Å². The Morgan fingerprint density at radius 1 is 1.56 bits per heavy atom. The normalized spacial score (nSPS) is 11.3. The van der Waals surface area contributed by atoms with E-state index in [9.17, 15) is 13.0 Å². The van der Waals surface area contributed by atoms with E-state index >= 15 is 0 Å². The summed E-state index contributed by atoms with van der Waals surface area (Å²) in [5.74, 6) is -0.399. The molecule has 0 rings (SSSR count). The molecule has 0 saturated heterocycles. The van der Waals surface area contributed by atoms with Crippen LogP contribution in [0.5, 0.6) is 0 Å². The van der Waals surface area contributed by atoms with Gasteiger partial charge in [0.1, 0.15) is 0 Å². The van der Waals surface area contributed by atoms with Gasteiger partial charge in [-0.3, -0.25) is 0 Å².